The highest BCUT2D eigenvalue weighted by Gasteiger charge is 2.26. The molecule has 1 N–H and O–H groups in total. The molecule has 0 aliphatic heterocycles. The second-order valence-electron chi connectivity index (χ2n) is 8.80. The molecule has 0 fully saturated rings. The number of carbonyl (C=O) groups is 2. The van der Waals surface area contributed by atoms with Crippen LogP contribution in [0.5, 0.6) is 5.75 Å². The minimum absolute atomic E-state index is 0.114. The number of amides is 2. The van der Waals surface area contributed by atoms with Crippen LogP contribution in [0.15, 0.2) is 48.5 Å². The molecule has 0 spiro atoms. The fourth-order valence-electron chi connectivity index (χ4n) is 3.24. The molecule has 31 heavy (non-hydrogen) atoms. The normalized spacial score (nSPS) is 12.0. The first-order chi connectivity index (χ1) is 14.7. The predicted molar refractivity (Wildman–Crippen MR) is 125 cm³/mol. The topological polar surface area (TPSA) is 58.6 Å². The molecule has 2 amide bonds. The Labute approximate surface area is 186 Å². The lowest BCUT2D eigenvalue weighted by Gasteiger charge is -2.29. The lowest BCUT2D eigenvalue weighted by atomic mass is 10.0. The van der Waals surface area contributed by atoms with Crippen molar-refractivity contribution in [2.24, 2.45) is 5.92 Å². The second-order valence-corrected chi connectivity index (χ2v) is 8.80. The molecule has 2 aromatic carbocycles. The summed E-state index contributed by atoms with van der Waals surface area (Å²) in [7, 11) is 0. The van der Waals surface area contributed by atoms with Gasteiger partial charge in [-0.2, -0.15) is 0 Å². The molecule has 2 rings (SSSR count). The summed E-state index contributed by atoms with van der Waals surface area (Å²) in [4.78, 5) is 27.5. The van der Waals surface area contributed by atoms with E-state index in [1.54, 1.807) is 11.8 Å². The molecule has 0 aromatic heterocycles. The molecule has 0 saturated carbocycles. The minimum Gasteiger partial charge on any atom is -0.483 e. The monoisotopic (exact) mass is 424 g/mol. The van der Waals surface area contributed by atoms with Crippen LogP contribution in [-0.4, -0.2) is 35.9 Å². The first kappa shape index (κ1) is 24.4. The van der Waals surface area contributed by atoms with E-state index in [4.69, 9.17) is 4.74 Å². The molecule has 5 nitrogen and oxygen atoms in total. The van der Waals surface area contributed by atoms with Crippen molar-refractivity contribution in [2.75, 3.05) is 13.2 Å². The zero-order chi connectivity index (χ0) is 23.0. The van der Waals surface area contributed by atoms with E-state index in [1.807, 2.05) is 69.3 Å². The van der Waals surface area contributed by atoms with Crippen LogP contribution in [0.25, 0.3) is 0 Å². The van der Waals surface area contributed by atoms with E-state index in [9.17, 15) is 9.59 Å². The molecule has 0 saturated heterocycles. The van der Waals surface area contributed by atoms with Crippen LogP contribution >= 0.6 is 0 Å². The van der Waals surface area contributed by atoms with Gasteiger partial charge in [-0.25, -0.2) is 0 Å². The fourth-order valence-corrected chi connectivity index (χ4v) is 3.24. The Morgan fingerprint density at radius 3 is 2.23 bits per heavy atom. The highest BCUT2D eigenvalue weighted by atomic mass is 16.5. The Morgan fingerprint density at radius 2 is 1.61 bits per heavy atom. The van der Waals surface area contributed by atoms with E-state index in [-0.39, 0.29) is 24.3 Å². The molecule has 5 heteroatoms. The maximum absolute atomic E-state index is 13.2. The van der Waals surface area contributed by atoms with E-state index in [0.717, 1.165) is 16.7 Å². The number of hydrogen-bond acceptors (Lipinski definition) is 3. The first-order valence-corrected chi connectivity index (χ1v) is 11.0. The van der Waals surface area contributed by atoms with Crippen molar-refractivity contribution < 1.29 is 14.3 Å². The summed E-state index contributed by atoms with van der Waals surface area (Å²) in [6.45, 7) is 12.9. The average molecular weight is 425 g/mol. The predicted octanol–water partition coefficient (Wildman–Crippen LogP) is 4.69. The molecule has 2 aromatic rings. The third-order valence-corrected chi connectivity index (χ3v) is 5.22. The number of benzene rings is 2. The Balaban J connectivity index is 2.17. The van der Waals surface area contributed by atoms with Gasteiger partial charge in [-0.15, -0.1) is 0 Å². The van der Waals surface area contributed by atoms with E-state index >= 15 is 0 Å². The number of ether oxygens (including phenoxy) is 1. The molecule has 0 heterocycles. The van der Waals surface area contributed by atoms with E-state index in [0.29, 0.717) is 24.8 Å². The largest absolute Gasteiger partial charge is 0.483 e. The van der Waals surface area contributed by atoms with Gasteiger partial charge < -0.3 is 15.0 Å². The lowest BCUT2D eigenvalue weighted by molar-refractivity contribution is -0.142. The Morgan fingerprint density at radius 1 is 0.968 bits per heavy atom. The van der Waals surface area contributed by atoms with Gasteiger partial charge in [0.15, 0.2) is 6.61 Å². The van der Waals surface area contributed by atoms with Crippen molar-refractivity contribution in [3.05, 3.63) is 65.2 Å². The number of rotatable bonds is 10. The zero-order valence-corrected chi connectivity index (χ0v) is 19.6. The maximum atomic E-state index is 13.2. The number of nitrogens with zero attached hydrogens (tertiary/aromatic N) is 1. The minimum atomic E-state index is -0.600. The molecule has 0 aliphatic rings. The van der Waals surface area contributed by atoms with Gasteiger partial charge in [0, 0.05) is 13.1 Å². The standard InChI is InChI=1S/C26H36N2O3/c1-18(2)15-27-26(30)21(6)28(16-22-13-11-20(5)12-14-22)25(29)17-31-24-10-8-7-9-23(24)19(3)4/h7-14,18-19,21H,15-17H2,1-6H3,(H,27,30)/t21-/m1/s1. The van der Waals surface area contributed by atoms with Gasteiger partial charge in [0.1, 0.15) is 11.8 Å². The van der Waals surface area contributed by atoms with Crippen molar-refractivity contribution in [2.45, 2.75) is 60.0 Å². The average Bonchev–Trinajstić information content (AvgIpc) is 2.75. The van der Waals surface area contributed by atoms with Gasteiger partial charge >= 0.3 is 0 Å². The van der Waals surface area contributed by atoms with Crippen LogP contribution in [0.1, 0.15) is 57.2 Å². The van der Waals surface area contributed by atoms with Gasteiger partial charge in [0.05, 0.1) is 0 Å². The second kappa shape index (κ2) is 11.5. The smallest absolute Gasteiger partial charge is 0.261 e. The van der Waals surface area contributed by atoms with Crippen LogP contribution in [0.4, 0.5) is 0 Å². The highest BCUT2D eigenvalue weighted by Crippen LogP contribution is 2.26. The van der Waals surface area contributed by atoms with E-state index < -0.39 is 6.04 Å². The summed E-state index contributed by atoms with van der Waals surface area (Å²) in [5.74, 6) is 0.963. The van der Waals surface area contributed by atoms with Gasteiger partial charge in [-0.05, 0) is 42.9 Å². The highest BCUT2D eigenvalue weighted by molar-refractivity contribution is 5.88. The number of aryl methyl sites for hydroxylation is 1. The summed E-state index contributed by atoms with van der Waals surface area (Å²) < 4.78 is 5.90. The molecule has 0 aliphatic carbocycles. The molecule has 1 atom stereocenters. The Bertz CT molecular complexity index is 859. The quantitative estimate of drug-likeness (QED) is 0.602. The van der Waals surface area contributed by atoms with Crippen molar-refractivity contribution in [1.82, 2.24) is 10.2 Å². The van der Waals surface area contributed by atoms with Crippen molar-refractivity contribution in [3.8, 4) is 5.75 Å². The number of para-hydroxylation sites is 1. The molecule has 0 bridgehead atoms. The third-order valence-electron chi connectivity index (χ3n) is 5.22. The van der Waals surface area contributed by atoms with Crippen molar-refractivity contribution in [3.63, 3.8) is 0 Å². The maximum Gasteiger partial charge on any atom is 0.261 e. The molecular formula is C26H36N2O3. The summed E-state index contributed by atoms with van der Waals surface area (Å²) >= 11 is 0. The van der Waals surface area contributed by atoms with Crippen molar-refractivity contribution in [1.29, 1.82) is 0 Å². The Kier molecular flexibility index (Phi) is 9.10. The van der Waals surface area contributed by atoms with Crippen LogP contribution in [0, 0.1) is 12.8 Å². The Hall–Kier alpha value is -2.82. The van der Waals surface area contributed by atoms with E-state index in [2.05, 4.69) is 19.2 Å². The van der Waals surface area contributed by atoms with Gasteiger partial charge in [0.25, 0.3) is 5.91 Å². The van der Waals surface area contributed by atoms with Crippen LogP contribution < -0.4 is 10.1 Å². The molecular weight excluding hydrogens is 388 g/mol. The fraction of sp³-hybridized carbons (Fsp3) is 0.462. The van der Waals surface area contributed by atoms with Crippen LogP contribution in [0.3, 0.4) is 0 Å². The summed E-state index contributed by atoms with van der Waals surface area (Å²) in [6.07, 6.45) is 0. The van der Waals surface area contributed by atoms with Gasteiger partial charge in [-0.1, -0.05) is 75.7 Å². The first-order valence-electron chi connectivity index (χ1n) is 11.0. The van der Waals surface area contributed by atoms with Crippen LogP contribution in [0.2, 0.25) is 0 Å². The SMILES string of the molecule is Cc1ccc(CN(C(=O)COc2ccccc2C(C)C)[C@H](C)C(=O)NCC(C)C)cc1. The van der Waals surface area contributed by atoms with Gasteiger partial charge in [-0.3, -0.25) is 9.59 Å². The third kappa shape index (κ3) is 7.42. The zero-order valence-electron chi connectivity index (χ0n) is 19.6. The summed E-state index contributed by atoms with van der Waals surface area (Å²) in [5, 5.41) is 2.94. The van der Waals surface area contributed by atoms with Crippen LogP contribution in [-0.2, 0) is 16.1 Å². The number of hydrogen-bond donors (Lipinski definition) is 1. The summed E-state index contributed by atoms with van der Waals surface area (Å²) in [5.41, 5.74) is 3.19. The lowest BCUT2D eigenvalue weighted by Crippen LogP contribution is -2.49. The molecule has 0 radical (unpaired) electrons. The number of nitrogens with one attached hydrogen (secondary N) is 1. The molecule has 168 valence electrons. The molecule has 0 unspecified atom stereocenters. The number of carbonyl (C=O) groups excluding carboxylic acids is 2. The van der Waals surface area contributed by atoms with E-state index in [1.165, 1.54) is 0 Å². The van der Waals surface area contributed by atoms with Gasteiger partial charge in [0.2, 0.25) is 5.91 Å². The van der Waals surface area contributed by atoms with Crippen molar-refractivity contribution >= 4 is 11.8 Å². The summed E-state index contributed by atoms with van der Waals surface area (Å²) in [6, 6.07) is 15.2.